The molecule has 0 fully saturated rings. The fourth-order valence-electron chi connectivity index (χ4n) is 2.89. The van der Waals surface area contributed by atoms with E-state index in [0.29, 0.717) is 11.6 Å². The van der Waals surface area contributed by atoms with Crippen molar-refractivity contribution in [3.63, 3.8) is 0 Å². The van der Waals surface area contributed by atoms with Gasteiger partial charge in [0.05, 0.1) is 11.2 Å². The summed E-state index contributed by atoms with van der Waals surface area (Å²) in [6, 6.07) is 24.5. The van der Waals surface area contributed by atoms with Crippen molar-refractivity contribution in [3.8, 4) is 11.4 Å². The molecule has 0 aliphatic heterocycles. The molecule has 0 aliphatic rings. The first kappa shape index (κ1) is 18.6. The van der Waals surface area contributed by atoms with Gasteiger partial charge in [0.25, 0.3) is 0 Å². The van der Waals surface area contributed by atoms with Crippen LogP contribution in [-0.2, 0) is 0 Å². The van der Waals surface area contributed by atoms with Crippen molar-refractivity contribution < 1.29 is 0 Å². The summed E-state index contributed by atoms with van der Waals surface area (Å²) in [5.41, 5.74) is 8.21. The van der Waals surface area contributed by atoms with Gasteiger partial charge in [-0.25, -0.2) is 9.97 Å². The Labute approximate surface area is 177 Å². The number of aromatic nitrogens is 2. The standard InChI is InChI=1S/C23H19IN4/c1-15-7-9-18(10-8-15)22-25-21-6-4-3-5-20(21)23(26-22)28-27-16(2)17-11-13-19(24)14-12-17/h3-14H,1-2H3,(H,25,26,28)/b27-16-. The van der Waals surface area contributed by atoms with Crippen molar-refractivity contribution in [1.29, 1.82) is 0 Å². The molecule has 0 atom stereocenters. The monoisotopic (exact) mass is 478 g/mol. The van der Waals surface area contributed by atoms with Crippen molar-refractivity contribution in [3.05, 3.63) is 87.5 Å². The van der Waals surface area contributed by atoms with Gasteiger partial charge in [-0.3, -0.25) is 5.43 Å². The highest BCUT2D eigenvalue weighted by molar-refractivity contribution is 14.1. The second-order valence-corrected chi connectivity index (χ2v) is 7.84. The van der Waals surface area contributed by atoms with Gasteiger partial charge in [0.2, 0.25) is 0 Å². The van der Waals surface area contributed by atoms with E-state index in [2.05, 4.69) is 76.4 Å². The van der Waals surface area contributed by atoms with Crippen LogP contribution < -0.4 is 5.43 Å². The molecule has 0 bridgehead atoms. The minimum absolute atomic E-state index is 0.684. The van der Waals surface area contributed by atoms with Crippen LogP contribution in [0.3, 0.4) is 0 Å². The molecule has 1 heterocycles. The lowest BCUT2D eigenvalue weighted by Gasteiger charge is -2.09. The zero-order valence-corrected chi connectivity index (χ0v) is 17.8. The number of hydrazone groups is 1. The fraction of sp³-hybridized carbons (Fsp3) is 0.0870. The topological polar surface area (TPSA) is 50.2 Å². The van der Waals surface area contributed by atoms with E-state index >= 15 is 0 Å². The van der Waals surface area contributed by atoms with Crippen LogP contribution in [0.15, 0.2) is 77.9 Å². The zero-order valence-electron chi connectivity index (χ0n) is 15.6. The lowest BCUT2D eigenvalue weighted by molar-refractivity contribution is 1.18. The first-order chi connectivity index (χ1) is 13.6. The average Bonchev–Trinajstić information content (AvgIpc) is 2.72. The Hall–Kier alpha value is -2.80. The molecule has 28 heavy (non-hydrogen) atoms. The highest BCUT2D eigenvalue weighted by Gasteiger charge is 2.09. The maximum Gasteiger partial charge on any atom is 0.162 e. The number of aryl methyl sites for hydroxylation is 1. The van der Waals surface area contributed by atoms with Gasteiger partial charge < -0.3 is 0 Å². The summed E-state index contributed by atoms with van der Waals surface area (Å²) in [7, 11) is 0. The van der Waals surface area contributed by atoms with Crippen LogP contribution in [0, 0.1) is 10.5 Å². The van der Waals surface area contributed by atoms with Gasteiger partial charge in [0, 0.05) is 14.5 Å². The number of para-hydroxylation sites is 1. The van der Waals surface area contributed by atoms with Crippen molar-refractivity contribution in [2.75, 3.05) is 5.43 Å². The Morgan fingerprint density at radius 1 is 0.893 bits per heavy atom. The first-order valence-corrected chi connectivity index (χ1v) is 10.1. The molecule has 3 aromatic carbocycles. The predicted molar refractivity (Wildman–Crippen MR) is 125 cm³/mol. The molecule has 0 aliphatic carbocycles. The number of anilines is 1. The number of halogens is 1. The van der Waals surface area contributed by atoms with Crippen LogP contribution >= 0.6 is 22.6 Å². The van der Waals surface area contributed by atoms with E-state index in [0.717, 1.165) is 27.7 Å². The minimum atomic E-state index is 0.684. The number of hydrogen-bond acceptors (Lipinski definition) is 4. The van der Waals surface area contributed by atoms with E-state index in [1.165, 1.54) is 9.13 Å². The number of rotatable bonds is 4. The molecule has 138 valence electrons. The largest absolute Gasteiger partial charge is 0.260 e. The van der Waals surface area contributed by atoms with Crippen LogP contribution in [0.2, 0.25) is 0 Å². The average molecular weight is 478 g/mol. The molecule has 1 N–H and O–H groups in total. The fourth-order valence-corrected chi connectivity index (χ4v) is 3.25. The number of fused-ring (bicyclic) bond motifs is 1. The smallest absolute Gasteiger partial charge is 0.162 e. The Morgan fingerprint density at radius 2 is 1.61 bits per heavy atom. The van der Waals surface area contributed by atoms with E-state index < -0.39 is 0 Å². The van der Waals surface area contributed by atoms with Gasteiger partial charge in [0.1, 0.15) is 0 Å². The van der Waals surface area contributed by atoms with Crippen LogP contribution in [0.1, 0.15) is 18.1 Å². The molecule has 0 spiro atoms. The molecule has 4 rings (SSSR count). The van der Waals surface area contributed by atoms with Crippen LogP contribution in [-0.4, -0.2) is 15.7 Å². The van der Waals surface area contributed by atoms with Gasteiger partial charge in [-0.05, 0) is 66.3 Å². The molecule has 0 saturated carbocycles. The summed E-state index contributed by atoms with van der Waals surface area (Å²) in [4.78, 5) is 9.48. The molecule has 0 radical (unpaired) electrons. The van der Waals surface area contributed by atoms with Gasteiger partial charge >= 0.3 is 0 Å². The Kier molecular flexibility index (Phi) is 5.34. The second-order valence-electron chi connectivity index (χ2n) is 6.59. The SMILES string of the molecule is C/C(=N/Nc1nc(-c2ccc(C)cc2)nc2ccccc12)c1ccc(I)cc1. The third-order valence-corrected chi connectivity index (χ3v) is 5.22. The van der Waals surface area contributed by atoms with E-state index in [4.69, 9.17) is 9.97 Å². The summed E-state index contributed by atoms with van der Waals surface area (Å²) in [5, 5.41) is 5.51. The first-order valence-electron chi connectivity index (χ1n) is 9.00. The molecule has 4 aromatic rings. The maximum atomic E-state index is 4.75. The number of nitrogens with one attached hydrogen (secondary N) is 1. The van der Waals surface area contributed by atoms with E-state index in [9.17, 15) is 0 Å². The van der Waals surface area contributed by atoms with Gasteiger partial charge in [-0.1, -0.05) is 54.1 Å². The molecular weight excluding hydrogens is 459 g/mol. The number of benzene rings is 3. The van der Waals surface area contributed by atoms with Gasteiger partial charge in [-0.2, -0.15) is 5.10 Å². The molecule has 4 nitrogen and oxygen atoms in total. The Balaban J connectivity index is 1.73. The summed E-state index contributed by atoms with van der Waals surface area (Å²) in [6.07, 6.45) is 0. The van der Waals surface area contributed by atoms with Crippen molar-refractivity contribution >= 4 is 45.0 Å². The Morgan fingerprint density at radius 3 is 2.36 bits per heavy atom. The van der Waals surface area contributed by atoms with Crippen LogP contribution in [0.5, 0.6) is 0 Å². The molecule has 0 unspecified atom stereocenters. The van der Waals surface area contributed by atoms with E-state index in [1.807, 2.05) is 43.3 Å². The van der Waals surface area contributed by atoms with Crippen LogP contribution in [0.4, 0.5) is 5.82 Å². The molecule has 0 saturated heterocycles. The normalized spacial score (nSPS) is 11.6. The summed E-state index contributed by atoms with van der Waals surface area (Å²) >= 11 is 2.30. The highest BCUT2D eigenvalue weighted by Crippen LogP contribution is 2.25. The summed E-state index contributed by atoms with van der Waals surface area (Å²) < 4.78 is 1.20. The van der Waals surface area contributed by atoms with Gasteiger partial charge in [-0.15, -0.1) is 0 Å². The number of hydrogen-bond donors (Lipinski definition) is 1. The summed E-state index contributed by atoms with van der Waals surface area (Å²) in [6.45, 7) is 4.06. The van der Waals surface area contributed by atoms with Crippen molar-refractivity contribution in [1.82, 2.24) is 9.97 Å². The third-order valence-electron chi connectivity index (χ3n) is 4.50. The van der Waals surface area contributed by atoms with E-state index in [1.54, 1.807) is 0 Å². The predicted octanol–water partition coefficient (Wildman–Crippen LogP) is 6.05. The quantitative estimate of drug-likeness (QED) is 0.221. The molecular formula is C23H19IN4. The zero-order chi connectivity index (χ0) is 19.5. The summed E-state index contributed by atoms with van der Waals surface area (Å²) in [5.74, 6) is 1.38. The third kappa shape index (κ3) is 4.04. The lowest BCUT2D eigenvalue weighted by Crippen LogP contribution is -2.03. The molecule has 1 aromatic heterocycles. The Bertz CT molecular complexity index is 1150. The highest BCUT2D eigenvalue weighted by atomic mass is 127. The molecule has 0 amide bonds. The number of nitrogens with zero attached hydrogens (tertiary/aromatic N) is 3. The second kappa shape index (κ2) is 8.06. The van der Waals surface area contributed by atoms with Crippen molar-refractivity contribution in [2.45, 2.75) is 13.8 Å². The minimum Gasteiger partial charge on any atom is -0.260 e. The molecule has 5 heteroatoms. The van der Waals surface area contributed by atoms with Crippen LogP contribution in [0.25, 0.3) is 22.3 Å². The van der Waals surface area contributed by atoms with Crippen molar-refractivity contribution in [2.24, 2.45) is 5.10 Å². The maximum absolute atomic E-state index is 4.75. The lowest BCUT2D eigenvalue weighted by atomic mass is 10.1. The van der Waals surface area contributed by atoms with Gasteiger partial charge in [0.15, 0.2) is 11.6 Å². The van der Waals surface area contributed by atoms with E-state index in [-0.39, 0.29) is 0 Å².